The molecule has 1 heterocycles. The first-order chi connectivity index (χ1) is 7.83. The highest BCUT2D eigenvalue weighted by Gasteiger charge is 1.94. The number of carbonyl (C=O) groups excluding carboxylic acids is 1. The van der Waals surface area contributed by atoms with Gasteiger partial charge in [-0.15, -0.1) is 0 Å². The summed E-state index contributed by atoms with van der Waals surface area (Å²) >= 11 is 0. The number of pyridine rings is 1. The van der Waals surface area contributed by atoms with Crippen LogP contribution in [-0.4, -0.2) is 24.0 Å². The van der Waals surface area contributed by atoms with Crippen LogP contribution in [0, 0.1) is 0 Å². The van der Waals surface area contributed by atoms with Crippen molar-refractivity contribution in [2.24, 2.45) is 0 Å². The van der Waals surface area contributed by atoms with Crippen molar-refractivity contribution in [3.63, 3.8) is 0 Å². The predicted octanol–water partition coefficient (Wildman–Crippen LogP) is 1.54. The quantitative estimate of drug-likeness (QED) is 0.560. The molecule has 0 radical (unpaired) electrons. The fraction of sp³-hybridized carbons (Fsp3) is 0.333. The first-order valence-electron chi connectivity index (χ1n) is 5.26. The molecule has 0 aliphatic heterocycles. The van der Waals surface area contributed by atoms with Crippen LogP contribution >= 0.6 is 0 Å². The molecule has 0 bridgehead atoms. The van der Waals surface area contributed by atoms with E-state index in [2.05, 4.69) is 16.9 Å². The van der Waals surface area contributed by atoms with E-state index < -0.39 is 0 Å². The van der Waals surface area contributed by atoms with Crippen LogP contribution in [-0.2, 0) is 4.79 Å². The number of amides is 1. The van der Waals surface area contributed by atoms with Gasteiger partial charge in [-0.1, -0.05) is 6.58 Å². The van der Waals surface area contributed by atoms with Crippen molar-refractivity contribution in [3.05, 3.63) is 37.2 Å². The molecule has 0 fully saturated rings. The summed E-state index contributed by atoms with van der Waals surface area (Å²) < 4.78 is 5.44. The number of hydrogen-bond acceptors (Lipinski definition) is 3. The molecule has 0 aliphatic rings. The number of hydrogen-bond donors (Lipinski definition) is 1. The van der Waals surface area contributed by atoms with Crippen LogP contribution in [0.4, 0.5) is 0 Å². The van der Waals surface area contributed by atoms with E-state index in [1.165, 1.54) is 6.08 Å². The number of rotatable bonds is 7. The fourth-order valence-electron chi connectivity index (χ4n) is 1.13. The van der Waals surface area contributed by atoms with Gasteiger partial charge in [-0.3, -0.25) is 9.78 Å². The van der Waals surface area contributed by atoms with Crippen LogP contribution in [0.15, 0.2) is 37.2 Å². The third kappa shape index (κ3) is 5.14. The minimum atomic E-state index is -0.131. The average molecular weight is 220 g/mol. The van der Waals surface area contributed by atoms with Crippen LogP contribution in [0.25, 0.3) is 0 Å². The predicted molar refractivity (Wildman–Crippen MR) is 62.2 cm³/mol. The summed E-state index contributed by atoms with van der Waals surface area (Å²) in [4.78, 5) is 14.7. The summed E-state index contributed by atoms with van der Waals surface area (Å²) in [6.07, 6.45) is 6.44. The molecule has 86 valence electrons. The summed E-state index contributed by atoms with van der Waals surface area (Å²) in [6, 6.07) is 3.70. The first-order valence-corrected chi connectivity index (χ1v) is 5.26. The lowest BCUT2D eigenvalue weighted by Crippen LogP contribution is -2.22. The van der Waals surface area contributed by atoms with E-state index in [1.54, 1.807) is 12.4 Å². The highest BCUT2D eigenvalue weighted by Crippen LogP contribution is 2.06. The maximum atomic E-state index is 10.8. The second kappa shape index (κ2) is 7.45. The van der Waals surface area contributed by atoms with Crippen LogP contribution in [0.2, 0.25) is 0 Å². The van der Waals surface area contributed by atoms with Crippen LogP contribution in [0.5, 0.6) is 5.75 Å². The topological polar surface area (TPSA) is 51.2 Å². The average Bonchev–Trinajstić information content (AvgIpc) is 2.34. The van der Waals surface area contributed by atoms with Gasteiger partial charge in [0.1, 0.15) is 5.75 Å². The maximum Gasteiger partial charge on any atom is 0.243 e. The van der Waals surface area contributed by atoms with E-state index in [4.69, 9.17) is 4.74 Å². The van der Waals surface area contributed by atoms with E-state index in [-0.39, 0.29) is 5.91 Å². The molecule has 4 heteroatoms. The van der Waals surface area contributed by atoms with Crippen molar-refractivity contribution in [3.8, 4) is 5.75 Å². The molecule has 0 atom stereocenters. The van der Waals surface area contributed by atoms with Gasteiger partial charge in [-0.05, 0) is 31.1 Å². The Morgan fingerprint density at radius 2 is 2.44 bits per heavy atom. The lowest BCUT2D eigenvalue weighted by molar-refractivity contribution is -0.116. The van der Waals surface area contributed by atoms with Crippen LogP contribution < -0.4 is 10.1 Å². The summed E-state index contributed by atoms with van der Waals surface area (Å²) in [5, 5.41) is 2.71. The molecule has 1 amide bonds. The SMILES string of the molecule is C=CC(=O)NCCCCOc1cccnc1. The Labute approximate surface area is 95.3 Å². The van der Waals surface area contributed by atoms with E-state index in [0.717, 1.165) is 18.6 Å². The monoisotopic (exact) mass is 220 g/mol. The molecule has 0 saturated heterocycles. The van der Waals surface area contributed by atoms with Gasteiger partial charge in [0, 0.05) is 12.7 Å². The number of nitrogens with zero attached hydrogens (tertiary/aromatic N) is 1. The van der Waals surface area contributed by atoms with Crippen molar-refractivity contribution in [1.82, 2.24) is 10.3 Å². The summed E-state index contributed by atoms with van der Waals surface area (Å²) in [7, 11) is 0. The Hall–Kier alpha value is -1.84. The van der Waals surface area contributed by atoms with E-state index in [0.29, 0.717) is 13.2 Å². The molecular formula is C12H16N2O2. The van der Waals surface area contributed by atoms with Gasteiger partial charge < -0.3 is 10.1 Å². The number of unbranched alkanes of at least 4 members (excludes halogenated alkanes) is 1. The first kappa shape index (κ1) is 12.2. The van der Waals surface area contributed by atoms with Crippen LogP contribution in [0.1, 0.15) is 12.8 Å². The number of aromatic nitrogens is 1. The van der Waals surface area contributed by atoms with Gasteiger partial charge in [-0.2, -0.15) is 0 Å². The molecule has 16 heavy (non-hydrogen) atoms. The Kier molecular flexibility index (Phi) is 5.70. The third-order valence-electron chi connectivity index (χ3n) is 1.96. The summed E-state index contributed by atoms with van der Waals surface area (Å²) in [5.74, 6) is 0.644. The molecule has 1 rings (SSSR count). The van der Waals surface area contributed by atoms with Crippen molar-refractivity contribution < 1.29 is 9.53 Å². The molecule has 1 aromatic rings. The molecule has 1 N–H and O–H groups in total. The third-order valence-corrected chi connectivity index (χ3v) is 1.96. The molecule has 4 nitrogen and oxygen atoms in total. The van der Waals surface area contributed by atoms with Crippen molar-refractivity contribution >= 4 is 5.91 Å². The van der Waals surface area contributed by atoms with Gasteiger partial charge >= 0.3 is 0 Å². The highest BCUT2D eigenvalue weighted by atomic mass is 16.5. The zero-order valence-corrected chi connectivity index (χ0v) is 9.19. The van der Waals surface area contributed by atoms with Crippen molar-refractivity contribution in [2.75, 3.05) is 13.2 Å². The second-order valence-corrected chi connectivity index (χ2v) is 3.24. The number of carbonyl (C=O) groups is 1. The normalized spacial score (nSPS) is 9.50. The summed E-state index contributed by atoms with van der Waals surface area (Å²) in [6.45, 7) is 4.66. The molecule has 0 spiro atoms. The zero-order chi connectivity index (χ0) is 11.6. The standard InChI is InChI=1S/C12H16N2O2/c1-2-12(15)14-8-3-4-9-16-11-6-5-7-13-10-11/h2,5-7,10H,1,3-4,8-9H2,(H,14,15). The Bertz CT molecular complexity index is 325. The lowest BCUT2D eigenvalue weighted by Gasteiger charge is -2.05. The van der Waals surface area contributed by atoms with Gasteiger partial charge in [0.05, 0.1) is 12.8 Å². The van der Waals surface area contributed by atoms with E-state index in [1.807, 2.05) is 12.1 Å². The largest absolute Gasteiger partial charge is 0.492 e. The Morgan fingerprint density at radius 3 is 3.12 bits per heavy atom. The Morgan fingerprint density at radius 1 is 1.56 bits per heavy atom. The highest BCUT2D eigenvalue weighted by molar-refractivity contribution is 5.86. The lowest BCUT2D eigenvalue weighted by atomic mass is 10.3. The van der Waals surface area contributed by atoms with E-state index in [9.17, 15) is 4.79 Å². The van der Waals surface area contributed by atoms with E-state index >= 15 is 0 Å². The smallest absolute Gasteiger partial charge is 0.243 e. The van der Waals surface area contributed by atoms with Gasteiger partial charge in [-0.25, -0.2) is 0 Å². The van der Waals surface area contributed by atoms with Crippen molar-refractivity contribution in [2.45, 2.75) is 12.8 Å². The molecule has 0 unspecified atom stereocenters. The van der Waals surface area contributed by atoms with Crippen LogP contribution in [0.3, 0.4) is 0 Å². The number of nitrogens with one attached hydrogen (secondary N) is 1. The molecule has 1 aromatic heterocycles. The molecule has 0 aliphatic carbocycles. The fourth-order valence-corrected chi connectivity index (χ4v) is 1.13. The second-order valence-electron chi connectivity index (χ2n) is 3.24. The zero-order valence-electron chi connectivity index (χ0n) is 9.19. The molecule has 0 aromatic carbocycles. The van der Waals surface area contributed by atoms with Gasteiger partial charge in [0.2, 0.25) is 5.91 Å². The maximum absolute atomic E-state index is 10.8. The molecule has 0 saturated carbocycles. The van der Waals surface area contributed by atoms with Crippen molar-refractivity contribution in [1.29, 1.82) is 0 Å². The minimum Gasteiger partial charge on any atom is -0.492 e. The van der Waals surface area contributed by atoms with Gasteiger partial charge in [0.15, 0.2) is 0 Å². The molecular weight excluding hydrogens is 204 g/mol. The summed E-state index contributed by atoms with van der Waals surface area (Å²) in [5.41, 5.74) is 0. The van der Waals surface area contributed by atoms with Gasteiger partial charge in [0.25, 0.3) is 0 Å². The Balaban J connectivity index is 2.00. The minimum absolute atomic E-state index is 0.131. The number of ether oxygens (including phenoxy) is 1.